The second kappa shape index (κ2) is 4.18. The molecule has 2 aliphatic heterocycles. The van der Waals surface area contributed by atoms with Crippen LogP contribution in [0.2, 0.25) is 0 Å². The van der Waals surface area contributed by atoms with Gasteiger partial charge >= 0.3 is 0 Å². The van der Waals surface area contributed by atoms with Gasteiger partial charge in [0, 0.05) is 18.0 Å². The second-order valence-corrected chi connectivity index (χ2v) is 7.71. The van der Waals surface area contributed by atoms with E-state index in [9.17, 15) is 13.2 Å². The maximum absolute atomic E-state index is 12.6. The first-order valence-electron chi connectivity index (χ1n) is 6.98. The molecule has 0 aromatic heterocycles. The summed E-state index contributed by atoms with van der Waals surface area (Å²) in [4.78, 5) is 12.6. The van der Waals surface area contributed by atoms with Crippen molar-refractivity contribution in [3.05, 3.63) is 41.5 Å². The maximum Gasteiger partial charge on any atom is 0.266 e. The Bertz CT molecular complexity index is 750. The predicted octanol–water partition coefficient (Wildman–Crippen LogP) is 1.24. The van der Waals surface area contributed by atoms with Gasteiger partial charge in [-0.25, -0.2) is 12.7 Å². The monoisotopic (exact) mass is 305 g/mol. The number of amides is 1. The van der Waals surface area contributed by atoms with Crippen molar-refractivity contribution >= 4 is 15.9 Å². The van der Waals surface area contributed by atoms with E-state index in [0.29, 0.717) is 5.57 Å². The van der Waals surface area contributed by atoms with Crippen LogP contribution in [0.5, 0.6) is 0 Å². The van der Waals surface area contributed by atoms with Gasteiger partial charge in [0.15, 0.2) is 0 Å². The van der Waals surface area contributed by atoms with Gasteiger partial charge in [-0.15, -0.1) is 0 Å². The average molecular weight is 305 g/mol. The molecule has 0 saturated carbocycles. The summed E-state index contributed by atoms with van der Waals surface area (Å²) in [5.41, 5.74) is 1.58. The SMILES string of the molecule is Cc1ccc(S(=O)(=O)N2C[C@@H]3C[C@H]4O[C@H]4C=C3C2=O)cc1. The van der Waals surface area contributed by atoms with E-state index < -0.39 is 15.9 Å². The molecule has 0 bridgehead atoms. The molecule has 0 spiro atoms. The van der Waals surface area contributed by atoms with Gasteiger partial charge in [-0.05, 0) is 31.6 Å². The fourth-order valence-corrected chi connectivity index (χ4v) is 4.54. The summed E-state index contributed by atoms with van der Waals surface area (Å²) in [7, 11) is -3.76. The Balaban J connectivity index is 1.69. The third-order valence-corrected chi connectivity index (χ3v) is 6.15. The normalized spacial score (nSPS) is 30.7. The molecule has 0 N–H and O–H groups in total. The number of nitrogens with zero attached hydrogens (tertiary/aromatic N) is 1. The summed E-state index contributed by atoms with van der Waals surface area (Å²) < 4.78 is 31.7. The molecule has 2 fully saturated rings. The number of carbonyl (C=O) groups excluding carboxylic acids is 1. The largest absolute Gasteiger partial charge is 0.365 e. The Morgan fingerprint density at radius 3 is 2.67 bits per heavy atom. The smallest absolute Gasteiger partial charge is 0.266 e. The van der Waals surface area contributed by atoms with Crippen LogP contribution < -0.4 is 0 Å². The Labute approximate surface area is 123 Å². The summed E-state index contributed by atoms with van der Waals surface area (Å²) in [5.74, 6) is -0.420. The van der Waals surface area contributed by atoms with Gasteiger partial charge in [0.1, 0.15) is 6.10 Å². The van der Waals surface area contributed by atoms with Crippen LogP contribution in [0.1, 0.15) is 12.0 Å². The molecule has 1 amide bonds. The highest BCUT2D eigenvalue weighted by Gasteiger charge is 2.51. The number of carbonyl (C=O) groups is 1. The Kier molecular flexibility index (Phi) is 2.59. The van der Waals surface area contributed by atoms with Crippen molar-refractivity contribution in [2.75, 3.05) is 6.54 Å². The van der Waals surface area contributed by atoms with E-state index in [0.717, 1.165) is 16.3 Å². The zero-order chi connectivity index (χ0) is 14.8. The van der Waals surface area contributed by atoms with Gasteiger partial charge in [0.2, 0.25) is 0 Å². The van der Waals surface area contributed by atoms with Crippen LogP contribution in [0, 0.1) is 12.8 Å². The minimum atomic E-state index is -3.76. The first kappa shape index (κ1) is 13.0. The van der Waals surface area contributed by atoms with Crippen LogP contribution in [0.3, 0.4) is 0 Å². The molecule has 6 heteroatoms. The molecule has 3 atom stereocenters. The quantitative estimate of drug-likeness (QED) is 0.771. The summed E-state index contributed by atoms with van der Waals surface area (Å²) in [6.45, 7) is 2.12. The van der Waals surface area contributed by atoms with Gasteiger partial charge in [0.05, 0.1) is 11.0 Å². The van der Waals surface area contributed by atoms with Crippen molar-refractivity contribution in [3.8, 4) is 0 Å². The zero-order valence-electron chi connectivity index (χ0n) is 11.5. The van der Waals surface area contributed by atoms with Gasteiger partial charge in [-0.3, -0.25) is 4.79 Å². The molecule has 110 valence electrons. The number of benzene rings is 1. The van der Waals surface area contributed by atoms with Crippen LogP contribution in [-0.2, 0) is 19.6 Å². The van der Waals surface area contributed by atoms with Crippen molar-refractivity contribution in [1.82, 2.24) is 4.31 Å². The minimum Gasteiger partial charge on any atom is -0.365 e. The summed E-state index contributed by atoms with van der Waals surface area (Å²) >= 11 is 0. The number of aryl methyl sites for hydroxylation is 1. The van der Waals surface area contributed by atoms with E-state index >= 15 is 0 Å². The van der Waals surface area contributed by atoms with Crippen molar-refractivity contribution in [2.45, 2.75) is 30.4 Å². The summed E-state index contributed by atoms with van der Waals surface area (Å²) in [5, 5.41) is 0. The van der Waals surface area contributed by atoms with E-state index in [1.54, 1.807) is 30.3 Å². The third-order valence-electron chi connectivity index (χ3n) is 4.39. The Hall–Kier alpha value is -1.66. The molecule has 1 aliphatic carbocycles. The molecule has 2 heterocycles. The highest BCUT2D eigenvalue weighted by atomic mass is 32.2. The summed E-state index contributed by atoms with van der Waals surface area (Å²) in [6, 6.07) is 6.58. The molecule has 2 saturated heterocycles. The lowest BCUT2D eigenvalue weighted by atomic mass is 9.90. The van der Waals surface area contributed by atoms with Crippen molar-refractivity contribution in [2.24, 2.45) is 5.92 Å². The third kappa shape index (κ3) is 1.93. The van der Waals surface area contributed by atoms with Gasteiger partial charge in [0.25, 0.3) is 15.9 Å². The highest BCUT2D eigenvalue weighted by Crippen LogP contribution is 2.43. The van der Waals surface area contributed by atoms with Crippen LogP contribution in [0.25, 0.3) is 0 Å². The van der Waals surface area contributed by atoms with Crippen LogP contribution in [-0.4, -0.2) is 37.4 Å². The second-order valence-electron chi connectivity index (χ2n) is 5.85. The molecule has 1 aromatic rings. The van der Waals surface area contributed by atoms with E-state index in [1.165, 1.54) is 0 Å². The number of sulfonamides is 1. The van der Waals surface area contributed by atoms with E-state index in [4.69, 9.17) is 4.74 Å². The molecule has 21 heavy (non-hydrogen) atoms. The van der Waals surface area contributed by atoms with E-state index in [2.05, 4.69) is 0 Å². The lowest BCUT2D eigenvalue weighted by Gasteiger charge is -2.16. The fourth-order valence-electron chi connectivity index (χ4n) is 3.10. The first-order valence-corrected chi connectivity index (χ1v) is 8.42. The fraction of sp³-hybridized carbons (Fsp3) is 0.400. The lowest BCUT2D eigenvalue weighted by molar-refractivity contribution is -0.120. The number of rotatable bonds is 2. The molecular formula is C15H15NO4S. The Morgan fingerprint density at radius 1 is 1.24 bits per heavy atom. The molecular weight excluding hydrogens is 290 g/mol. The number of fused-ring (bicyclic) bond motifs is 2. The summed E-state index contributed by atoms with van der Waals surface area (Å²) in [6.07, 6.45) is 2.73. The van der Waals surface area contributed by atoms with Gasteiger partial charge in [-0.2, -0.15) is 0 Å². The molecule has 0 unspecified atom stereocenters. The number of ether oxygens (including phenoxy) is 1. The van der Waals surface area contributed by atoms with Gasteiger partial charge < -0.3 is 4.74 Å². The van der Waals surface area contributed by atoms with Gasteiger partial charge in [-0.1, -0.05) is 17.7 Å². The zero-order valence-corrected chi connectivity index (χ0v) is 12.3. The standard InChI is InChI=1S/C15H15NO4S/c1-9-2-4-11(5-3-9)21(18,19)16-8-10-6-13-14(20-13)7-12(10)15(16)17/h2-5,7,10,13-14H,6,8H2,1H3/t10-,13+,14-/m0/s1. The number of epoxide rings is 1. The van der Waals surface area contributed by atoms with E-state index in [1.807, 2.05) is 6.92 Å². The van der Waals surface area contributed by atoms with E-state index in [-0.39, 0.29) is 29.6 Å². The maximum atomic E-state index is 12.6. The van der Waals surface area contributed by atoms with Crippen LogP contribution in [0.15, 0.2) is 40.8 Å². The van der Waals surface area contributed by atoms with Crippen molar-refractivity contribution in [1.29, 1.82) is 0 Å². The van der Waals surface area contributed by atoms with Crippen LogP contribution in [0.4, 0.5) is 0 Å². The predicted molar refractivity (Wildman–Crippen MR) is 74.9 cm³/mol. The minimum absolute atomic E-state index is 0.0160. The topological polar surface area (TPSA) is 67.0 Å². The molecule has 3 aliphatic rings. The first-order chi connectivity index (χ1) is 9.96. The van der Waals surface area contributed by atoms with Crippen molar-refractivity contribution < 1.29 is 17.9 Å². The van der Waals surface area contributed by atoms with Crippen LogP contribution >= 0.6 is 0 Å². The number of hydrogen-bond donors (Lipinski definition) is 0. The average Bonchev–Trinajstić information content (AvgIpc) is 3.14. The molecule has 4 rings (SSSR count). The highest BCUT2D eigenvalue weighted by molar-refractivity contribution is 7.89. The molecule has 5 nitrogen and oxygen atoms in total. The molecule has 1 aromatic carbocycles. The molecule has 0 radical (unpaired) electrons. The number of hydrogen-bond acceptors (Lipinski definition) is 4. The van der Waals surface area contributed by atoms with Crippen molar-refractivity contribution in [3.63, 3.8) is 0 Å². The lowest BCUT2D eigenvalue weighted by Crippen LogP contribution is -2.32. The Morgan fingerprint density at radius 2 is 1.95 bits per heavy atom.